The highest BCUT2D eigenvalue weighted by atomic mass is 35.5. The number of rotatable bonds is 11. The third-order valence-electron chi connectivity index (χ3n) is 6.20. The summed E-state index contributed by atoms with van der Waals surface area (Å²) in [4.78, 5) is 51.4. The van der Waals surface area contributed by atoms with Gasteiger partial charge in [-0.05, 0) is 37.1 Å². The Hall–Kier alpha value is -4.07. The number of anilines is 1. The molecule has 0 spiro atoms. The number of halogens is 2. The number of aliphatic hydroxyl groups excluding tert-OH is 1. The van der Waals surface area contributed by atoms with Crippen molar-refractivity contribution in [2.75, 3.05) is 18.5 Å². The minimum absolute atomic E-state index is 0.0541. The van der Waals surface area contributed by atoms with E-state index in [0.717, 1.165) is 12.8 Å². The van der Waals surface area contributed by atoms with E-state index < -0.39 is 42.1 Å². The molecular formula is C25H27ClFN7O5. The van der Waals surface area contributed by atoms with Gasteiger partial charge in [0.15, 0.2) is 5.69 Å². The lowest BCUT2D eigenvalue weighted by atomic mass is 10.1. The molecule has 1 aromatic heterocycles. The predicted molar refractivity (Wildman–Crippen MR) is 140 cm³/mol. The fourth-order valence-corrected chi connectivity index (χ4v) is 4.19. The fraction of sp³-hybridized carbons (Fsp3) is 0.320. The van der Waals surface area contributed by atoms with Gasteiger partial charge in [-0.2, -0.15) is 5.10 Å². The smallest absolute Gasteiger partial charge is 0.269 e. The van der Waals surface area contributed by atoms with E-state index in [1.807, 2.05) is 0 Å². The molecule has 4 rings (SSSR count). The quantitative estimate of drug-likeness (QED) is 0.226. The number of nitrogens with one attached hydrogen (secondary N) is 2. The van der Waals surface area contributed by atoms with Gasteiger partial charge in [0.1, 0.15) is 18.4 Å². The molecule has 4 amide bonds. The fourth-order valence-electron chi connectivity index (χ4n) is 3.99. The normalized spacial score (nSPS) is 13.6. The van der Waals surface area contributed by atoms with Gasteiger partial charge < -0.3 is 32.1 Å². The van der Waals surface area contributed by atoms with Crippen LogP contribution in [0.2, 0.25) is 5.02 Å². The highest BCUT2D eigenvalue weighted by Crippen LogP contribution is 2.28. The van der Waals surface area contributed by atoms with Gasteiger partial charge in [0.05, 0.1) is 23.7 Å². The number of hydrogen-bond acceptors (Lipinski definition) is 7. The van der Waals surface area contributed by atoms with Gasteiger partial charge >= 0.3 is 0 Å². The van der Waals surface area contributed by atoms with Gasteiger partial charge in [-0.3, -0.25) is 23.9 Å². The van der Waals surface area contributed by atoms with Crippen molar-refractivity contribution >= 4 is 51.8 Å². The number of nitrogens with two attached hydrogens (primary N) is 2. The average molecular weight is 560 g/mol. The molecule has 1 aliphatic rings. The van der Waals surface area contributed by atoms with Crippen molar-refractivity contribution in [1.29, 1.82) is 0 Å². The first kappa shape index (κ1) is 28.0. The maximum Gasteiger partial charge on any atom is 0.269 e. The van der Waals surface area contributed by atoms with Gasteiger partial charge in [0, 0.05) is 29.2 Å². The molecule has 0 radical (unpaired) electrons. The molecule has 7 N–H and O–H groups in total. The lowest BCUT2D eigenvalue weighted by Gasteiger charge is -2.22. The largest absolute Gasteiger partial charge is 0.394 e. The van der Waals surface area contributed by atoms with E-state index in [4.69, 9.17) is 28.2 Å². The first-order chi connectivity index (χ1) is 18.6. The first-order valence-corrected chi connectivity index (χ1v) is 12.4. The van der Waals surface area contributed by atoms with Gasteiger partial charge in [-0.25, -0.2) is 4.39 Å². The summed E-state index contributed by atoms with van der Waals surface area (Å²) in [5.74, 6) is -2.97. The highest BCUT2D eigenvalue weighted by Gasteiger charge is 2.34. The Kier molecular flexibility index (Phi) is 8.43. The number of amides is 4. The van der Waals surface area contributed by atoms with Crippen molar-refractivity contribution in [2.24, 2.45) is 11.5 Å². The van der Waals surface area contributed by atoms with Crippen LogP contribution in [0.4, 0.5) is 10.1 Å². The van der Waals surface area contributed by atoms with Crippen LogP contribution >= 0.6 is 11.6 Å². The van der Waals surface area contributed by atoms with Crippen molar-refractivity contribution in [3.05, 3.63) is 58.5 Å². The lowest BCUT2D eigenvalue weighted by Crippen LogP contribution is -2.43. The standard InChI is InChI=1S/C25H27ClFN7O5/c26-17-3-1-2-13(22(17)27)9-30-20(36)10-33(15-5-6-15)21(37)11-34-19-7-4-14(31-25(39)18(28)12-35)8-16(19)23(32-34)24(29)38/h1-4,7-8,15,18,35H,5-6,9-12,28H2,(H2,29,38)(H,30,36)(H,31,39). The summed E-state index contributed by atoms with van der Waals surface area (Å²) in [6, 6.07) is 7.77. The molecule has 1 fully saturated rings. The van der Waals surface area contributed by atoms with Crippen LogP contribution in [-0.4, -0.2) is 68.7 Å². The minimum Gasteiger partial charge on any atom is -0.394 e. The number of hydrogen-bond donors (Lipinski definition) is 5. The molecule has 0 bridgehead atoms. The number of fused-ring (bicyclic) bond motifs is 1. The summed E-state index contributed by atoms with van der Waals surface area (Å²) in [5, 5.41) is 18.6. The number of aromatic nitrogens is 2. The Morgan fingerprint density at radius 1 is 1.23 bits per heavy atom. The number of aliphatic hydroxyl groups is 1. The predicted octanol–water partition coefficient (Wildman–Crippen LogP) is 0.493. The zero-order valence-electron chi connectivity index (χ0n) is 20.7. The van der Waals surface area contributed by atoms with Gasteiger partial charge in [-0.15, -0.1) is 0 Å². The van der Waals surface area contributed by atoms with Crippen LogP contribution in [0.5, 0.6) is 0 Å². The molecule has 12 nitrogen and oxygen atoms in total. The summed E-state index contributed by atoms with van der Waals surface area (Å²) in [5.41, 5.74) is 11.8. The molecule has 1 aliphatic carbocycles. The summed E-state index contributed by atoms with van der Waals surface area (Å²) < 4.78 is 15.4. The molecule has 3 aromatic rings. The van der Waals surface area contributed by atoms with Crippen LogP contribution < -0.4 is 22.1 Å². The Balaban J connectivity index is 1.48. The Morgan fingerprint density at radius 2 is 1.97 bits per heavy atom. The number of carbonyl (C=O) groups excluding carboxylic acids is 4. The molecular weight excluding hydrogens is 533 g/mol. The topological polar surface area (TPSA) is 186 Å². The number of carbonyl (C=O) groups is 4. The van der Waals surface area contributed by atoms with Gasteiger partial charge in [-0.1, -0.05) is 23.7 Å². The second-order valence-electron chi connectivity index (χ2n) is 9.12. The van der Waals surface area contributed by atoms with Crippen LogP contribution in [-0.2, 0) is 27.5 Å². The van der Waals surface area contributed by atoms with E-state index in [1.54, 1.807) is 12.1 Å². The van der Waals surface area contributed by atoms with Crippen LogP contribution in [0.3, 0.4) is 0 Å². The zero-order chi connectivity index (χ0) is 28.3. The zero-order valence-corrected chi connectivity index (χ0v) is 21.4. The monoisotopic (exact) mass is 559 g/mol. The van der Waals surface area contributed by atoms with Crippen molar-refractivity contribution in [1.82, 2.24) is 20.0 Å². The second kappa shape index (κ2) is 11.8. The molecule has 0 saturated heterocycles. The van der Waals surface area contributed by atoms with Crippen molar-refractivity contribution in [2.45, 2.75) is 38.0 Å². The molecule has 39 heavy (non-hydrogen) atoms. The first-order valence-electron chi connectivity index (χ1n) is 12.1. The maximum atomic E-state index is 14.1. The van der Waals surface area contributed by atoms with E-state index >= 15 is 0 Å². The molecule has 14 heteroatoms. The van der Waals surface area contributed by atoms with Crippen molar-refractivity contribution < 1.29 is 28.7 Å². The molecule has 206 valence electrons. The molecule has 1 saturated carbocycles. The third kappa shape index (κ3) is 6.50. The summed E-state index contributed by atoms with van der Waals surface area (Å²) in [7, 11) is 0. The average Bonchev–Trinajstić information content (AvgIpc) is 3.69. The number of primary amides is 1. The highest BCUT2D eigenvalue weighted by molar-refractivity contribution is 6.30. The summed E-state index contributed by atoms with van der Waals surface area (Å²) in [6.07, 6.45) is 1.46. The molecule has 1 unspecified atom stereocenters. The molecule has 2 aromatic carbocycles. The van der Waals surface area contributed by atoms with E-state index in [9.17, 15) is 23.6 Å². The van der Waals surface area contributed by atoms with E-state index in [2.05, 4.69) is 15.7 Å². The number of benzene rings is 2. The van der Waals surface area contributed by atoms with Crippen LogP contribution in [0, 0.1) is 5.82 Å². The summed E-state index contributed by atoms with van der Waals surface area (Å²) >= 11 is 5.78. The molecule has 1 atom stereocenters. The third-order valence-corrected chi connectivity index (χ3v) is 6.49. The Labute approximate surface area is 227 Å². The SMILES string of the molecule is NC(=O)c1nn(CC(=O)N(CC(=O)NCc2cccc(Cl)c2F)C2CC2)c2ccc(NC(=O)C(N)CO)cc12. The van der Waals surface area contributed by atoms with E-state index in [-0.39, 0.29) is 47.6 Å². The molecule has 0 aliphatic heterocycles. The Morgan fingerprint density at radius 3 is 2.64 bits per heavy atom. The Bertz CT molecular complexity index is 1440. The van der Waals surface area contributed by atoms with Crippen LogP contribution in [0.15, 0.2) is 36.4 Å². The van der Waals surface area contributed by atoms with Crippen LogP contribution in [0.1, 0.15) is 28.9 Å². The van der Waals surface area contributed by atoms with Crippen molar-refractivity contribution in [3.63, 3.8) is 0 Å². The maximum absolute atomic E-state index is 14.1. The van der Waals surface area contributed by atoms with E-state index in [1.165, 1.54) is 33.8 Å². The van der Waals surface area contributed by atoms with E-state index in [0.29, 0.717) is 10.9 Å². The van der Waals surface area contributed by atoms with Crippen LogP contribution in [0.25, 0.3) is 10.9 Å². The summed E-state index contributed by atoms with van der Waals surface area (Å²) in [6.45, 7) is -1.16. The van der Waals surface area contributed by atoms with Crippen molar-refractivity contribution in [3.8, 4) is 0 Å². The van der Waals surface area contributed by atoms with Gasteiger partial charge in [0.2, 0.25) is 17.7 Å². The number of nitrogens with zero attached hydrogens (tertiary/aromatic N) is 3. The molecule has 1 heterocycles. The second-order valence-corrected chi connectivity index (χ2v) is 9.53. The lowest BCUT2D eigenvalue weighted by molar-refractivity contribution is -0.137. The minimum atomic E-state index is -1.13. The van der Waals surface area contributed by atoms with Gasteiger partial charge in [0.25, 0.3) is 5.91 Å².